The van der Waals surface area contributed by atoms with Gasteiger partial charge in [0, 0.05) is 0 Å². The van der Waals surface area contributed by atoms with E-state index in [1.807, 2.05) is 0 Å². The number of halogens is 3. The first kappa shape index (κ1) is 28.7. The highest BCUT2D eigenvalue weighted by atomic mass is 19.4. The maximum Gasteiger partial charge on any atom is 0.416 e. The average molecular weight is 478 g/mol. The third-order valence-electron chi connectivity index (χ3n) is 4.73. The molecule has 2 amide bonds. The molecule has 1 aromatic rings. The predicted octanol–water partition coefficient (Wildman–Crippen LogP) is 2.06. The van der Waals surface area contributed by atoms with Gasteiger partial charge in [0.1, 0.15) is 17.8 Å². The fourth-order valence-corrected chi connectivity index (χ4v) is 2.82. The van der Waals surface area contributed by atoms with Crippen molar-refractivity contribution >= 4 is 11.8 Å². The minimum absolute atomic E-state index is 0.131. The summed E-state index contributed by atoms with van der Waals surface area (Å²) in [6.07, 6.45) is -7.72. The largest absolute Gasteiger partial charge is 0.497 e. The van der Waals surface area contributed by atoms with Crippen molar-refractivity contribution in [2.75, 3.05) is 13.7 Å². The summed E-state index contributed by atoms with van der Waals surface area (Å²) in [6, 6.07) is 1.93. The number of carbonyl (C=O) groups is 2. The molecule has 33 heavy (non-hydrogen) atoms. The van der Waals surface area contributed by atoms with Crippen LogP contribution in [-0.4, -0.2) is 60.6 Å². The van der Waals surface area contributed by atoms with Crippen molar-refractivity contribution in [2.45, 2.75) is 70.6 Å². The number of methoxy groups -OCH3 is 1. The lowest BCUT2D eigenvalue weighted by atomic mass is 9.96. The highest BCUT2D eigenvalue weighted by Gasteiger charge is 2.45. The summed E-state index contributed by atoms with van der Waals surface area (Å²) in [6.45, 7) is 8.07. The molecule has 0 radical (unpaired) electrons. The Kier molecular flexibility index (Phi) is 10.1. The number of aliphatic hydroxyl groups is 1. The van der Waals surface area contributed by atoms with Gasteiger partial charge >= 0.3 is 6.18 Å². The summed E-state index contributed by atoms with van der Waals surface area (Å²) in [5.41, 5.74) is 5.61. The van der Waals surface area contributed by atoms with Gasteiger partial charge in [0.2, 0.25) is 11.8 Å². The summed E-state index contributed by atoms with van der Waals surface area (Å²) in [4.78, 5) is 25.6. The van der Waals surface area contributed by atoms with Crippen LogP contribution in [0.5, 0.6) is 5.75 Å². The lowest BCUT2D eigenvalue weighted by Gasteiger charge is -2.31. The average Bonchev–Trinajstić information content (AvgIpc) is 2.71. The van der Waals surface area contributed by atoms with Crippen LogP contribution in [0.2, 0.25) is 0 Å². The third kappa shape index (κ3) is 9.18. The molecule has 0 spiro atoms. The minimum atomic E-state index is -4.94. The van der Waals surface area contributed by atoms with E-state index in [0.717, 1.165) is 0 Å². The molecule has 0 aromatic heterocycles. The van der Waals surface area contributed by atoms with Gasteiger partial charge < -0.3 is 30.9 Å². The Bertz CT molecular complexity index is 779. The Labute approximate surface area is 192 Å². The van der Waals surface area contributed by atoms with Crippen molar-refractivity contribution in [3.63, 3.8) is 0 Å². The summed E-state index contributed by atoms with van der Waals surface area (Å²) in [5, 5.41) is 14.4. The second-order valence-electron chi connectivity index (χ2n) is 9.01. The quantitative estimate of drug-likeness (QED) is 0.409. The minimum Gasteiger partial charge on any atom is -0.497 e. The van der Waals surface area contributed by atoms with Crippen molar-refractivity contribution < 1.29 is 37.3 Å². The van der Waals surface area contributed by atoms with Crippen molar-refractivity contribution in [3.05, 3.63) is 29.8 Å². The number of amides is 2. The fraction of sp³-hybridized carbons (Fsp3) is 0.636. The number of hydrogen-bond donors (Lipinski definition) is 4. The predicted molar refractivity (Wildman–Crippen MR) is 116 cm³/mol. The van der Waals surface area contributed by atoms with Gasteiger partial charge in [-0.05, 0) is 44.4 Å². The Balaban J connectivity index is 3.15. The monoisotopic (exact) mass is 477 g/mol. The summed E-state index contributed by atoms with van der Waals surface area (Å²) in [5.74, 6) is -1.93. The van der Waals surface area contributed by atoms with Crippen LogP contribution in [0.15, 0.2) is 24.3 Å². The molecule has 1 rings (SSSR count). The molecule has 0 aliphatic heterocycles. The number of hydrogen-bond acceptors (Lipinski definition) is 6. The topological polar surface area (TPSA) is 123 Å². The van der Waals surface area contributed by atoms with Crippen LogP contribution < -0.4 is 21.1 Å². The number of carbonyl (C=O) groups excluding carboxylic acids is 2. The molecule has 188 valence electrons. The van der Waals surface area contributed by atoms with Crippen LogP contribution in [0, 0.1) is 5.92 Å². The molecular weight excluding hydrogens is 443 g/mol. The molecule has 0 saturated carbocycles. The van der Waals surface area contributed by atoms with Crippen LogP contribution >= 0.6 is 0 Å². The zero-order valence-corrected chi connectivity index (χ0v) is 19.7. The maximum absolute atomic E-state index is 13.1. The Morgan fingerprint density at radius 3 is 2.03 bits per heavy atom. The number of alkyl halides is 3. The zero-order valence-electron chi connectivity index (χ0n) is 19.7. The normalized spacial score (nSPS) is 16.0. The summed E-state index contributed by atoms with van der Waals surface area (Å²) < 4.78 is 49.9. The Morgan fingerprint density at radius 2 is 1.61 bits per heavy atom. The van der Waals surface area contributed by atoms with Gasteiger partial charge in [0.05, 0.1) is 25.4 Å². The molecule has 0 aliphatic rings. The molecule has 0 aliphatic carbocycles. The van der Waals surface area contributed by atoms with Crippen LogP contribution in [-0.2, 0) is 14.3 Å². The lowest BCUT2D eigenvalue weighted by Crippen LogP contribution is -2.56. The number of aliphatic hydroxyl groups excluding tert-OH is 1. The van der Waals surface area contributed by atoms with E-state index in [4.69, 9.17) is 15.2 Å². The third-order valence-corrected chi connectivity index (χ3v) is 4.73. The van der Waals surface area contributed by atoms with Crippen molar-refractivity contribution in [3.8, 4) is 5.75 Å². The van der Waals surface area contributed by atoms with E-state index >= 15 is 0 Å². The van der Waals surface area contributed by atoms with Gasteiger partial charge in [0.15, 0.2) is 6.10 Å². The van der Waals surface area contributed by atoms with Gasteiger partial charge in [-0.1, -0.05) is 26.0 Å². The van der Waals surface area contributed by atoms with Crippen molar-refractivity contribution in [1.82, 2.24) is 10.6 Å². The van der Waals surface area contributed by atoms with Crippen LogP contribution in [0.4, 0.5) is 13.2 Å². The highest BCUT2D eigenvalue weighted by molar-refractivity contribution is 5.90. The molecule has 0 saturated heterocycles. The summed E-state index contributed by atoms with van der Waals surface area (Å²) in [7, 11) is 1.45. The first-order valence-electron chi connectivity index (χ1n) is 10.5. The van der Waals surface area contributed by atoms with Gasteiger partial charge in [-0.25, -0.2) is 0 Å². The first-order chi connectivity index (χ1) is 15.1. The molecule has 5 N–H and O–H groups in total. The Hall–Kier alpha value is -2.37. The second-order valence-corrected chi connectivity index (χ2v) is 9.01. The van der Waals surface area contributed by atoms with Gasteiger partial charge in [-0.2, -0.15) is 13.2 Å². The molecule has 4 atom stereocenters. The van der Waals surface area contributed by atoms with E-state index in [1.165, 1.54) is 45.2 Å². The number of benzene rings is 1. The molecule has 0 fully saturated rings. The van der Waals surface area contributed by atoms with Gasteiger partial charge in [-0.3, -0.25) is 9.59 Å². The van der Waals surface area contributed by atoms with Crippen molar-refractivity contribution in [1.29, 1.82) is 0 Å². The van der Waals surface area contributed by atoms with E-state index < -0.39 is 53.7 Å². The fourth-order valence-electron chi connectivity index (χ4n) is 2.82. The maximum atomic E-state index is 13.1. The van der Waals surface area contributed by atoms with E-state index in [1.54, 1.807) is 20.8 Å². The molecule has 11 heteroatoms. The van der Waals surface area contributed by atoms with E-state index in [2.05, 4.69) is 10.6 Å². The van der Waals surface area contributed by atoms with Crippen LogP contribution in [0.1, 0.15) is 46.2 Å². The lowest BCUT2D eigenvalue weighted by molar-refractivity contribution is -0.215. The smallest absolute Gasteiger partial charge is 0.416 e. The number of nitrogens with one attached hydrogen (secondary N) is 2. The van der Waals surface area contributed by atoms with E-state index in [0.29, 0.717) is 5.75 Å². The molecule has 1 unspecified atom stereocenters. The Morgan fingerprint density at radius 1 is 1.06 bits per heavy atom. The number of nitrogens with two attached hydrogens (primary N) is 1. The van der Waals surface area contributed by atoms with E-state index in [9.17, 15) is 27.9 Å². The number of ether oxygens (including phenoxy) is 2. The van der Waals surface area contributed by atoms with Gasteiger partial charge in [-0.15, -0.1) is 0 Å². The number of rotatable bonds is 10. The van der Waals surface area contributed by atoms with Crippen molar-refractivity contribution in [2.24, 2.45) is 11.7 Å². The van der Waals surface area contributed by atoms with Crippen LogP contribution in [0.25, 0.3) is 0 Å². The standard InChI is InChI=1S/C22H34F3N3O5/c1-12(2)16(18(29)22(23,24)25)27-20(31)17(13-7-9-14(32-6)10-8-13)28-19(30)15(26)11-33-21(3,4)5/h7-10,12,15-18,29H,11,26H2,1-6H3,(H,27,31)(H,28,30)/t15?,16-,17-,18-/m0/s1. The second kappa shape index (κ2) is 11.7. The van der Waals surface area contributed by atoms with E-state index in [-0.39, 0.29) is 12.2 Å². The van der Waals surface area contributed by atoms with Gasteiger partial charge in [0.25, 0.3) is 0 Å². The van der Waals surface area contributed by atoms with Crippen LogP contribution in [0.3, 0.4) is 0 Å². The first-order valence-corrected chi connectivity index (χ1v) is 10.5. The SMILES string of the molecule is COc1ccc([C@H](NC(=O)C(N)COC(C)(C)C)C(=O)N[C@@H](C(C)C)[C@H](O)C(F)(F)F)cc1. The molecule has 8 nitrogen and oxygen atoms in total. The molecular formula is C22H34F3N3O5. The zero-order chi connectivity index (χ0) is 25.6. The molecule has 1 aromatic carbocycles. The molecule has 0 heterocycles. The highest BCUT2D eigenvalue weighted by Crippen LogP contribution is 2.26. The summed E-state index contributed by atoms with van der Waals surface area (Å²) >= 11 is 0. The molecule has 0 bridgehead atoms.